The first-order valence-corrected chi connectivity index (χ1v) is 8.88. The number of nitrogens with zero attached hydrogens (tertiary/aromatic N) is 3. The number of pyridine rings is 1. The molecule has 5 heteroatoms. The second-order valence-electron chi connectivity index (χ2n) is 6.57. The number of aromatic nitrogens is 1. The van der Waals surface area contributed by atoms with Crippen molar-refractivity contribution in [1.82, 2.24) is 20.1 Å². The van der Waals surface area contributed by atoms with E-state index in [0.29, 0.717) is 6.04 Å². The molecule has 0 amide bonds. The Labute approximate surface area is 142 Å². The molecule has 1 aromatic carbocycles. The predicted octanol–water partition coefficient (Wildman–Crippen LogP) is 2.37. The first-order chi connectivity index (χ1) is 11.3. The van der Waals surface area contributed by atoms with E-state index in [1.54, 1.807) is 0 Å². The Hall–Kier alpha value is -1.20. The van der Waals surface area contributed by atoms with E-state index >= 15 is 0 Å². The Bertz CT molecular complexity index is 684. The summed E-state index contributed by atoms with van der Waals surface area (Å²) in [7, 11) is 0. The zero-order valence-electron chi connectivity index (χ0n) is 13.3. The standard InChI is InChI=1S/C18H23ClN4/c19-17-4-3-14(18-16(17)2-1-6-21-18)12-22-9-5-15(13-22)23-10-7-20-8-11-23/h1-4,6,15,20H,5,7-13H2. The van der Waals surface area contributed by atoms with Crippen LogP contribution in [0.4, 0.5) is 0 Å². The molecule has 1 aromatic heterocycles. The van der Waals surface area contributed by atoms with Crippen molar-refractivity contribution in [2.45, 2.75) is 19.0 Å². The first-order valence-electron chi connectivity index (χ1n) is 8.50. The fraction of sp³-hybridized carbons (Fsp3) is 0.500. The average molecular weight is 331 g/mol. The summed E-state index contributed by atoms with van der Waals surface area (Å²) in [6.07, 6.45) is 3.13. The molecule has 0 aliphatic carbocycles. The smallest absolute Gasteiger partial charge is 0.0761 e. The van der Waals surface area contributed by atoms with Gasteiger partial charge in [0.1, 0.15) is 0 Å². The highest BCUT2D eigenvalue weighted by Gasteiger charge is 2.28. The Kier molecular flexibility index (Phi) is 4.49. The zero-order chi connectivity index (χ0) is 15.6. The van der Waals surface area contributed by atoms with E-state index in [-0.39, 0.29) is 0 Å². The van der Waals surface area contributed by atoms with Gasteiger partial charge in [0.05, 0.1) is 5.52 Å². The summed E-state index contributed by atoms with van der Waals surface area (Å²) < 4.78 is 0. The SMILES string of the molecule is Clc1ccc(CN2CCC(N3CCNCC3)C2)c2ncccc12. The van der Waals surface area contributed by atoms with Crippen molar-refractivity contribution in [3.63, 3.8) is 0 Å². The largest absolute Gasteiger partial charge is 0.314 e. The highest BCUT2D eigenvalue weighted by Crippen LogP contribution is 2.27. The third-order valence-electron chi connectivity index (χ3n) is 5.11. The number of fused-ring (bicyclic) bond motifs is 1. The van der Waals surface area contributed by atoms with Crippen LogP contribution >= 0.6 is 11.6 Å². The molecule has 4 nitrogen and oxygen atoms in total. The molecule has 23 heavy (non-hydrogen) atoms. The number of nitrogens with one attached hydrogen (secondary N) is 1. The van der Waals surface area contributed by atoms with Gasteiger partial charge in [-0.2, -0.15) is 0 Å². The van der Waals surface area contributed by atoms with Gasteiger partial charge in [-0.15, -0.1) is 0 Å². The van der Waals surface area contributed by atoms with Crippen molar-refractivity contribution in [2.75, 3.05) is 39.3 Å². The highest BCUT2D eigenvalue weighted by atomic mass is 35.5. The van der Waals surface area contributed by atoms with E-state index in [2.05, 4.69) is 32.2 Å². The van der Waals surface area contributed by atoms with Crippen LogP contribution in [0.3, 0.4) is 0 Å². The minimum atomic E-state index is 0.712. The summed E-state index contributed by atoms with van der Waals surface area (Å²) in [5.41, 5.74) is 2.33. The molecule has 2 saturated heterocycles. The summed E-state index contributed by atoms with van der Waals surface area (Å²) in [4.78, 5) is 9.77. The van der Waals surface area contributed by atoms with E-state index in [9.17, 15) is 0 Å². The maximum Gasteiger partial charge on any atom is 0.0761 e. The van der Waals surface area contributed by atoms with Crippen LogP contribution in [0, 0.1) is 0 Å². The molecule has 1 atom stereocenters. The predicted molar refractivity (Wildman–Crippen MR) is 94.9 cm³/mol. The van der Waals surface area contributed by atoms with Gasteiger partial charge in [0.15, 0.2) is 0 Å². The fourth-order valence-corrected chi connectivity index (χ4v) is 4.08. The molecule has 122 valence electrons. The summed E-state index contributed by atoms with van der Waals surface area (Å²) >= 11 is 6.30. The second-order valence-corrected chi connectivity index (χ2v) is 6.98. The van der Waals surface area contributed by atoms with Crippen LogP contribution in [0.5, 0.6) is 0 Å². The summed E-state index contributed by atoms with van der Waals surface area (Å²) in [5, 5.41) is 5.29. The monoisotopic (exact) mass is 330 g/mol. The van der Waals surface area contributed by atoms with Crippen LogP contribution in [0.2, 0.25) is 5.02 Å². The van der Waals surface area contributed by atoms with Crippen molar-refractivity contribution >= 4 is 22.5 Å². The lowest BCUT2D eigenvalue weighted by Gasteiger charge is -2.32. The molecule has 0 saturated carbocycles. The minimum absolute atomic E-state index is 0.712. The van der Waals surface area contributed by atoms with E-state index in [1.807, 2.05) is 18.3 Å². The number of benzene rings is 1. The van der Waals surface area contributed by atoms with Crippen LogP contribution in [0.25, 0.3) is 10.9 Å². The van der Waals surface area contributed by atoms with Crippen molar-refractivity contribution in [3.8, 4) is 0 Å². The normalized spacial score (nSPS) is 23.6. The van der Waals surface area contributed by atoms with Gasteiger partial charge in [-0.1, -0.05) is 17.7 Å². The van der Waals surface area contributed by atoms with Gasteiger partial charge < -0.3 is 5.32 Å². The maximum atomic E-state index is 6.30. The minimum Gasteiger partial charge on any atom is -0.314 e. The van der Waals surface area contributed by atoms with Crippen LogP contribution in [-0.2, 0) is 6.54 Å². The molecule has 2 fully saturated rings. The van der Waals surface area contributed by atoms with Gasteiger partial charge in [0.2, 0.25) is 0 Å². The summed E-state index contributed by atoms with van der Waals surface area (Å²) in [5.74, 6) is 0. The van der Waals surface area contributed by atoms with Gasteiger partial charge in [0.25, 0.3) is 0 Å². The molecule has 1 N–H and O–H groups in total. The third kappa shape index (κ3) is 3.22. The van der Waals surface area contributed by atoms with E-state index < -0.39 is 0 Å². The highest BCUT2D eigenvalue weighted by molar-refractivity contribution is 6.35. The zero-order valence-corrected chi connectivity index (χ0v) is 14.1. The molecular formula is C18H23ClN4. The molecule has 4 rings (SSSR count). The molecular weight excluding hydrogens is 308 g/mol. The molecule has 2 aromatic rings. The quantitative estimate of drug-likeness (QED) is 0.936. The van der Waals surface area contributed by atoms with Gasteiger partial charge >= 0.3 is 0 Å². The van der Waals surface area contributed by atoms with Crippen molar-refractivity contribution < 1.29 is 0 Å². The Morgan fingerprint density at radius 2 is 2.04 bits per heavy atom. The Morgan fingerprint density at radius 3 is 2.91 bits per heavy atom. The Morgan fingerprint density at radius 1 is 1.17 bits per heavy atom. The van der Waals surface area contributed by atoms with Gasteiger partial charge in [0, 0.05) is 68.5 Å². The van der Waals surface area contributed by atoms with Crippen LogP contribution in [-0.4, -0.2) is 60.1 Å². The molecule has 2 aliphatic heterocycles. The maximum absolute atomic E-state index is 6.30. The lowest BCUT2D eigenvalue weighted by Crippen LogP contribution is -2.49. The van der Waals surface area contributed by atoms with E-state index in [0.717, 1.165) is 42.1 Å². The summed E-state index contributed by atoms with van der Waals surface area (Å²) in [6.45, 7) is 7.92. The van der Waals surface area contributed by atoms with Gasteiger partial charge in [-0.25, -0.2) is 0 Å². The van der Waals surface area contributed by atoms with Crippen molar-refractivity contribution in [2.24, 2.45) is 0 Å². The average Bonchev–Trinajstić information content (AvgIpc) is 3.07. The number of likely N-dealkylation sites (tertiary alicyclic amines) is 1. The number of piperazine rings is 1. The number of halogens is 1. The van der Waals surface area contributed by atoms with E-state index in [4.69, 9.17) is 11.6 Å². The third-order valence-corrected chi connectivity index (χ3v) is 5.44. The van der Waals surface area contributed by atoms with Crippen molar-refractivity contribution in [1.29, 1.82) is 0 Å². The molecule has 3 heterocycles. The fourth-order valence-electron chi connectivity index (χ4n) is 3.87. The molecule has 1 unspecified atom stereocenters. The van der Waals surface area contributed by atoms with Crippen molar-refractivity contribution in [3.05, 3.63) is 41.0 Å². The molecule has 0 radical (unpaired) electrons. The van der Waals surface area contributed by atoms with E-state index in [1.165, 1.54) is 31.6 Å². The lowest BCUT2D eigenvalue weighted by molar-refractivity contribution is 0.170. The number of rotatable bonds is 3. The van der Waals surface area contributed by atoms with Gasteiger partial charge in [-0.3, -0.25) is 14.8 Å². The molecule has 2 aliphatic rings. The Balaban J connectivity index is 1.48. The summed E-state index contributed by atoms with van der Waals surface area (Å²) in [6, 6.07) is 8.86. The number of hydrogen-bond acceptors (Lipinski definition) is 4. The molecule has 0 bridgehead atoms. The number of hydrogen-bond donors (Lipinski definition) is 1. The second kappa shape index (κ2) is 6.73. The van der Waals surface area contributed by atoms with Crippen LogP contribution in [0.1, 0.15) is 12.0 Å². The first kappa shape index (κ1) is 15.3. The molecule has 0 spiro atoms. The van der Waals surface area contributed by atoms with Crippen LogP contribution < -0.4 is 5.32 Å². The van der Waals surface area contributed by atoms with Crippen LogP contribution in [0.15, 0.2) is 30.5 Å². The topological polar surface area (TPSA) is 31.4 Å². The lowest BCUT2D eigenvalue weighted by atomic mass is 10.1. The van der Waals surface area contributed by atoms with Gasteiger partial charge in [-0.05, 0) is 30.2 Å².